The third kappa shape index (κ3) is 2.50. The fourth-order valence-corrected chi connectivity index (χ4v) is 4.10. The van der Waals surface area contributed by atoms with Crippen LogP contribution in [0.1, 0.15) is 6.92 Å². The molecule has 0 saturated carbocycles. The van der Waals surface area contributed by atoms with Crippen molar-refractivity contribution in [3.8, 4) is 11.3 Å². The lowest BCUT2D eigenvalue weighted by molar-refractivity contribution is 0.599. The second-order valence-corrected chi connectivity index (χ2v) is 7.54. The normalized spacial score (nSPS) is 11.7. The predicted octanol–water partition coefficient (Wildman–Crippen LogP) is 2.84. The monoisotopic (exact) mass is 302 g/mol. The van der Waals surface area contributed by atoms with Gasteiger partial charge >= 0.3 is 0 Å². The summed E-state index contributed by atoms with van der Waals surface area (Å²) in [7, 11) is -3.34. The number of thiazole rings is 1. The number of halogens is 1. The largest absolute Gasteiger partial charge is 0.375 e. The predicted molar refractivity (Wildman–Crippen MR) is 74.7 cm³/mol. The van der Waals surface area contributed by atoms with Gasteiger partial charge in [0.05, 0.1) is 5.75 Å². The van der Waals surface area contributed by atoms with Crippen LogP contribution in [0.15, 0.2) is 28.5 Å². The summed E-state index contributed by atoms with van der Waals surface area (Å²) >= 11 is 6.88. The second-order valence-electron chi connectivity index (χ2n) is 3.60. The van der Waals surface area contributed by atoms with E-state index < -0.39 is 9.84 Å². The van der Waals surface area contributed by atoms with Gasteiger partial charge in [0, 0.05) is 10.6 Å². The minimum atomic E-state index is -3.34. The van der Waals surface area contributed by atoms with Crippen LogP contribution in [-0.2, 0) is 9.84 Å². The van der Waals surface area contributed by atoms with Gasteiger partial charge in [-0.1, -0.05) is 42.0 Å². The Morgan fingerprint density at radius 2 is 2.17 bits per heavy atom. The highest BCUT2D eigenvalue weighted by atomic mass is 35.5. The number of nitrogen functional groups attached to an aromatic ring is 1. The summed E-state index contributed by atoms with van der Waals surface area (Å²) < 4.78 is 24.1. The van der Waals surface area contributed by atoms with Gasteiger partial charge in [-0.15, -0.1) is 0 Å². The van der Waals surface area contributed by atoms with E-state index in [-0.39, 0.29) is 15.1 Å². The Bertz CT molecular complexity index is 680. The molecule has 1 aromatic carbocycles. The van der Waals surface area contributed by atoms with Crippen molar-refractivity contribution in [3.05, 3.63) is 29.3 Å². The maximum Gasteiger partial charge on any atom is 0.189 e. The van der Waals surface area contributed by atoms with Crippen LogP contribution < -0.4 is 5.73 Å². The lowest BCUT2D eigenvalue weighted by Gasteiger charge is -2.02. The average molecular weight is 303 g/mol. The smallest absolute Gasteiger partial charge is 0.189 e. The molecule has 96 valence electrons. The maximum atomic E-state index is 12.0. The molecule has 2 rings (SSSR count). The van der Waals surface area contributed by atoms with Crippen molar-refractivity contribution in [2.75, 3.05) is 11.5 Å². The third-order valence-corrected chi connectivity index (χ3v) is 5.82. The van der Waals surface area contributed by atoms with E-state index in [9.17, 15) is 8.42 Å². The van der Waals surface area contributed by atoms with Gasteiger partial charge in [0.2, 0.25) is 0 Å². The highest BCUT2D eigenvalue weighted by Crippen LogP contribution is 2.34. The van der Waals surface area contributed by atoms with Crippen molar-refractivity contribution in [2.24, 2.45) is 0 Å². The van der Waals surface area contributed by atoms with Crippen molar-refractivity contribution in [2.45, 2.75) is 11.1 Å². The van der Waals surface area contributed by atoms with Gasteiger partial charge in [0.25, 0.3) is 0 Å². The molecule has 0 aliphatic heterocycles. The Kier molecular flexibility index (Phi) is 3.61. The SMILES string of the molecule is CCS(=O)(=O)c1sc(N)nc1-c1cccc(Cl)c1. The molecule has 4 nitrogen and oxygen atoms in total. The molecule has 0 amide bonds. The van der Waals surface area contributed by atoms with Crippen LogP contribution in [0.25, 0.3) is 11.3 Å². The van der Waals surface area contributed by atoms with Crippen LogP contribution in [0.3, 0.4) is 0 Å². The Hall–Kier alpha value is -1.11. The van der Waals surface area contributed by atoms with Crippen LogP contribution in [0, 0.1) is 0 Å². The van der Waals surface area contributed by atoms with E-state index in [1.165, 1.54) is 0 Å². The topological polar surface area (TPSA) is 73.0 Å². The van der Waals surface area contributed by atoms with Crippen molar-refractivity contribution in [1.82, 2.24) is 4.98 Å². The van der Waals surface area contributed by atoms with Crippen molar-refractivity contribution in [3.63, 3.8) is 0 Å². The lowest BCUT2D eigenvalue weighted by atomic mass is 10.2. The molecule has 0 bridgehead atoms. The molecule has 0 radical (unpaired) electrons. The maximum absolute atomic E-state index is 12.0. The second kappa shape index (κ2) is 4.87. The molecular formula is C11H11ClN2O2S2. The van der Waals surface area contributed by atoms with Crippen LogP contribution in [0.2, 0.25) is 5.02 Å². The summed E-state index contributed by atoms with van der Waals surface area (Å²) in [6.45, 7) is 1.59. The Morgan fingerprint density at radius 3 is 2.78 bits per heavy atom. The number of rotatable bonds is 3. The van der Waals surface area contributed by atoms with Gasteiger partial charge in [-0.05, 0) is 12.1 Å². The molecule has 7 heteroatoms. The number of hydrogen-bond donors (Lipinski definition) is 1. The molecular weight excluding hydrogens is 292 g/mol. The number of sulfone groups is 1. The fraction of sp³-hybridized carbons (Fsp3) is 0.182. The van der Waals surface area contributed by atoms with Gasteiger partial charge in [0.1, 0.15) is 9.90 Å². The van der Waals surface area contributed by atoms with E-state index in [1.807, 2.05) is 0 Å². The Labute approximate surface area is 114 Å². The Morgan fingerprint density at radius 1 is 1.44 bits per heavy atom. The van der Waals surface area contributed by atoms with Gasteiger partial charge in [0.15, 0.2) is 15.0 Å². The van der Waals surface area contributed by atoms with E-state index >= 15 is 0 Å². The molecule has 0 aliphatic carbocycles. The van der Waals surface area contributed by atoms with Gasteiger partial charge < -0.3 is 5.73 Å². The molecule has 0 fully saturated rings. The number of benzene rings is 1. The molecule has 0 unspecified atom stereocenters. The third-order valence-electron chi connectivity index (χ3n) is 2.37. The molecule has 0 saturated heterocycles. The standard InChI is InChI=1S/C11H11ClN2O2S2/c1-2-18(15,16)10-9(14-11(13)17-10)7-4-3-5-8(12)6-7/h3-6H,2H2,1H3,(H2,13,14). The van der Waals surface area contributed by atoms with Crippen molar-refractivity contribution in [1.29, 1.82) is 0 Å². The molecule has 0 atom stereocenters. The number of nitrogens with zero attached hydrogens (tertiary/aromatic N) is 1. The lowest BCUT2D eigenvalue weighted by Crippen LogP contribution is -2.03. The number of anilines is 1. The summed E-state index contributed by atoms with van der Waals surface area (Å²) in [5, 5.41) is 0.760. The van der Waals surface area contributed by atoms with Crippen LogP contribution in [-0.4, -0.2) is 19.2 Å². The van der Waals surface area contributed by atoms with Gasteiger partial charge in [-0.2, -0.15) is 0 Å². The van der Waals surface area contributed by atoms with E-state index in [4.69, 9.17) is 17.3 Å². The first kappa shape index (κ1) is 13.3. The van der Waals surface area contributed by atoms with E-state index in [0.29, 0.717) is 16.3 Å². The summed E-state index contributed by atoms with van der Waals surface area (Å²) in [6, 6.07) is 6.89. The van der Waals surface area contributed by atoms with Crippen molar-refractivity contribution >= 4 is 37.9 Å². The van der Waals surface area contributed by atoms with E-state index in [2.05, 4.69) is 4.98 Å². The van der Waals surface area contributed by atoms with Crippen molar-refractivity contribution < 1.29 is 8.42 Å². The minimum absolute atomic E-state index is 0.0161. The summed E-state index contributed by atoms with van der Waals surface area (Å²) in [6.07, 6.45) is 0. The quantitative estimate of drug-likeness (QED) is 0.946. The molecule has 1 heterocycles. The zero-order chi connectivity index (χ0) is 13.3. The zero-order valence-electron chi connectivity index (χ0n) is 9.55. The molecule has 1 aromatic heterocycles. The molecule has 18 heavy (non-hydrogen) atoms. The summed E-state index contributed by atoms with van der Waals surface area (Å²) in [4.78, 5) is 4.09. The number of hydrogen-bond acceptors (Lipinski definition) is 5. The van der Waals surface area contributed by atoms with E-state index in [1.54, 1.807) is 31.2 Å². The first-order valence-corrected chi connectivity index (χ1v) is 8.03. The number of nitrogens with two attached hydrogens (primary N) is 1. The van der Waals surface area contributed by atoms with Gasteiger partial charge in [-0.25, -0.2) is 13.4 Å². The highest BCUT2D eigenvalue weighted by molar-refractivity contribution is 7.93. The first-order valence-electron chi connectivity index (χ1n) is 5.19. The fourth-order valence-electron chi connectivity index (χ4n) is 1.48. The average Bonchev–Trinajstić information content (AvgIpc) is 2.72. The summed E-state index contributed by atoms with van der Waals surface area (Å²) in [5.41, 5.74) is 6.65. The minimum Gasteiger partial charge on any atom is -0.375 e. The van der Waals surface area contributed by atoms with Crippen LogP contribution in [0.4, 0.5) is 5.13 Å². The molecule has 0 spiro atoms. The summed E-state index contributed by atoms with van der Waals surface area (Å²) in [5.74, 6) is 0.0161. The molecule has 2 N–H and O–H groups in total. The first-order chi connectivity index (χ1) is 8.44. The zero-order valence-corrected chi connectivity index (χ0v) is 11.9. The Balaban J connectivity index is 2.66. The number of aromatic nitrogens is 1. The van der Waals surface area contributed by atoms with Crippen LogP contribution >= 0.6 is 22.9 Å². The highest BCUT2D eigenvalue weighted by Gasteiger charge is 2.22. The molecule has 2 aromatic rings. The molecule has 0 aliphatic rings. The van der Waals surface area contributed by atoms with Gasteiger partial charge in [-0.3, -0.25) is 0 Å². The van der Waals surface area contributed by atoms with E-state index in [0.717, 1.165) is 11.3 Å². The van der Waals surface area contributed by atoms with Crippen LogP contribution in [0.5, 0.6) is 0 Å².